The highest BCUT2D eigenvalue weighted by molar-refractivity contribution is 5.27. The largest absolute Gasteiger partial charge is 0.368 e. The molecule has 0 N–H and O–H groups in total. The molecule has 3 aliphatic rings. The first-order valence-electron chi connectivity index (χ1n) is 9.28. The Morgan fingerprint density at radius 1 is 1.41 bits per heavy atom. The van der Waals surface area contributed by atoms with Crippen molar-refractivity contribution in [1.29, 1.82) is 0 Å². The number of hydrogen-bond acceptors (Lipinski definition) is 1. The van der Waals surface area contributed by atoms with Crippen molar-refractivity contribution in [1.82, 2.24) is 0 Å². The SMILES string of the molecule is CC(C)=CCCC(C)[C@@H]1CCC2(C)OC1(C)[C@@H]1C(C)=CC[C@H]12. The van der Waals surface area contributed by atoms with Crippen molar-refractivity contribution in [3.63, 3.8) is 0 Å². The average Bonchev–Trinajstić information content (AvgIpc) is 2.88. The topological polar surface area (TPSA) is 9.23 Å². The molecule has 0 amide bonds. The Morgan fingerprint density at radius 2 is 2.14 bits per heavy atom. The Balaban J connectivity index is 1.79. The number of rotatable bonds is 4. The predicted molar refractivity (Wildman–Crippen MR) is 93.8 cm³/mol. The number of fused-ring (bicyclic) bond motifs is 5. The average molecular weight is 303 g/mol. The fourth-order valence-corrected chi connectivity index (χ4v) is 5.95. The standard InChI is InChI=1S/C21H34O/c1-14(2)8-7-9-15(3)17-12-13-20(5)18-11-10-16(4)19(18)21(17,6)22-20/h8,10,15,17-19H,7,9,11-13H2,1-6H3/t15?,17-,18+,19+,20?,21?/m0/s1. The molecular weight excluding hydrogens is 268 g/mol. The van der Waals surface area contributed by atoms with Gasteiger partial charge < -0.3 is 4.74 Å². The van der Waals surface area contributed by atoms with Gasteiger partial charge in [0, 0.05) is 11.8 Å². The fraction of sp³-hybridized carbons (Fsp3) is 0.810. The minimum absolute atomic E-state index is 0.0686. The molecule has 3 rings (SSSR count). The van der Waals surface area contributed by atoms with Crippen molar-refractivity contribution in [3.8, 4) is 0 Å². The van der Waals surface area contributed by atoms with Crippen molar-refractivity contribution >= 4 is 0 Å². The quantitative estimate of drug-likeness (QED) is 0.587. The Labute approximate surface area is 137 Å². The molecule has 1 aliphatic carbocycles. The second-order valence-electron chi connectivity index (χ2n) is 8.85. The van der Waals surface area contributed by atoms with E-state index in [1.54, 1.807) is 5.57 Å². The molecule has 0 spiro atoms. The van der Waals surface area contributed by atoms with E-state index in [0.717, 1.165) is 11.8 Å². The van der Waals surface area contributed by atoms with Gasteiger partial charge in [-0.25, -0.2) is 0 Å². The van der Waals surface area contributed by atoms with Gasteiger partial charge in [0.2, 0.25) is 0 Å². The summed E-state index contributed by atoms with van der Waals surface area (Å²) >= 11 is 0. The van der Waals surface area contributed by atoms with Crippen molar-refractivity contribution in [3.05, 3.63) is 23.3 Å². The predicted octanol–water partition coefficient (Wildman–Crippen LogP) is 5.91. The lowest BCUT2D eigenvalue weighted by Crippen LogP contribution is -2.48. The molecule has 0 aromatic carbocycles. The van der Waals surface area contributed by atoms with E-state index in [1.165, 1.54) is 37.7 Å². The summed E-state index contributed by atoms with van der Waals surface area (Å²) in [5.41, 5.74) is 3.24. The van der Waals surface area contributed by atoms with Gasteiger partial charge in [0.1, 0.15) is 0 Å². The van der Waals surface area contributed by atoms with Crippen molar-refractivity contribution < 1.29 is 4.74 Å². The summed E-state index contributed by atoms with van der Waals surface area (Å²) in [4.78, 5) is 0. The van der Waals surface area contributed by atoms with E-state index >= 15 is 0 Å². The maximum atomic E-state index is 6.81. The number of hydrogen-bond donors (Lipinski definition) is 0. The second-order valence-corrected chi connectivity index (χ2v) is 8.85. The van der Waals surface area contributed by atoms with Crippen molar-refractivity contribution in [2.75, 3.05) is 0 Å². The molecule has 124 valence electrons. The lowest BCUT2D eigenvalue weighted by atomic mass is 9.68. The van der Waals surface area contributed by atoms with Crippen LogP contribution in [0.15, 0.2) is 23.3 Å². The van der Waals surface area contributed by atoms with Crippen LogP contribution in [0.5, 0.6) is 0 Å². The Morgan fingerprint density at radius 3 is 2.82 bits per heavy atom. The third kappa shape index (κ3) is 2.40. The van der Waals surface area contributed by atoms with Crippen LogP contribution in [0.3, 0.4) is 0 Å². The van der Waals surface area contributed by atoms with Crippen LogP contribution in [0.25, 0.3) is 0 Å². The van der Waals surface area contributed by atoms with Gasteiger partial charge in [-0.1, -0.05) is 30.2 Å². The molecule has 2 bridgehead atoms. The van der Waals surface area contributed by atoms with Crippen LogP contribution in [0, 0.1) is 23.7 Å². The summed E-state index contributed by atoms with van der Waals surface area (Å²) in [6.07, 6.45) is 11.2. The van der Waals surface area contributed by atoms with Gasteiger partial charge in [-0.3, -0.25) is 0 Å². The van der Waals surface area contributed by atoms with Gasteiger partial charge in [-0.05, 0) is 78.6 Å². The van der Waals surface area contributed by atoms with E-state index in [0.29, 0.717) is 11.8 Å². The van der Waals surface area contributed by atoms with E-state index in [9.17, 15) is 0 Å². The molecular formula is C21H34O. The lowest BCUT2D eigenvalue weighted by Gasteiger charge is -2.47. The highest BCUT2D eigenvalue weighted by Crippen LogP contribution is 2.63. The van der Waals surface area contributed by atoms with Gasteiger partial charge in [-0.2, -0.15) is 0 Å². The van der Waals surface area contributed by atoms with Crippen LogP contribution in [0.4, 0.5) is 0 Å². The van der Waals surface area contributed by atoms with Crippen LogP contribution >= 0.6 is 0 Å². The summed E-state index contributed by atoms with van der Waals surface area (Å²) in [5.74, 6) is 2.85. The van der Waals surface area contributed by atoms with E-state index in [1.807, 2.05) is 0 Å². The third-order valence-electron chi connectivity index (χ3n) is 6.99. The molecule has 0 radical (unpaired) electrons. The normalized spacial score (nSPS) is 44.5. The molecule has 2 heterocycles. The van der Waals surface area contributed by atoms with Gasteiger partial charge >= 0.3 is 0 Å². The van der Waals surface area contributed by atoms with E-state index in [-0.39, 0.29) is 11.2 Å². The van der Waals surface area contributed by atoms with Crippen molar-refractivity contribution in [2.45, 2.75) is 84.8 Å². The smallest absolute Gasteiger partial charge is 0.0761 e. The maximum Gasteiger partial charge on any atom is 0.0761 e. The lowest BCUT2D eigenvalue weighted by molar-refractivity contribution is -0.175. The summed E-state index contributed by atoms with van der Waals surface area (Å²) in [6.45, 7) is 14.0. The molecule has 3 unspecified atom stereocenters. The molecule has 2 aliphatic heterocycles. The van der Waals surface area contributed by atoms with E-state index in [2.05, 4.69) is 53.7 Å². The van der Waals surface area contributed by atoms with Gasteiger partial charge in [0.25, 0.3) is 0 Å². The van der Waals surface area contributed by atoms with Crippen molar-refractivity contribution in [2.24, 2.45) is 23.7 Å². The van der Waals surface area contributed by atoms with Crippen LogP contribution in [-0.4, -0.2) is 11.2 Å². The zero-order chi connectivity index (χ0) is 16.1. The molecule has 2 saturated heterocycles. The van der Waals surface area contributed by atoms with Crippen LogP contribution < -0.4 is 0 Å². The summed E-state index contributed by atoms with van der Waals surface area (Å²) in [5, 5.41) is 0. The maximum absolute atomic E-state index is 6.81. The summed E-state index contributed by atoms with van der Waals surface area (Å²) in [7, 11) is 0. The Kier molecular flexibility index (Phi) is 4.08. The first kappa shape index (κ1) is 16.3. The van der Waals surface area contributed by atoms with E-state index in [4.69, 9.17) is 4.74 Å². The third-order valence-corrected chi connectivity index (χ3v) is 6.99. The first-order valence-corrected chi connectivity index (χ1v) is 9.28. The second kappa shape index (κ2) is 5.51. The minimum atomic E-state index is 0.0686. The van der Waals surface area contributed by atoms with Crippen LogP contribution in [-0.2, 0) is 4.74 Å². The van der Waals surface area contributed by atoms with E-state index < -0.39 is 0 Å². The highest BCUT2D eigenvalue weighted by Gasteiger charge is 2.65. The first-order chi connectivity index (χ1) is 10.3. The Bertz CT molecular complexity index is 498. The number of allylic oxidation sites excluding steroid dienone is 3. The fourth-order valence-electron chi connectivity index (χ4n) is 5.95. The molecule has 0 saturated carbocycles. The zero-order valence-corrected chi connectivity index (χ0v) is 15.4. The molecule has 0 aromatic heterocycles. The minimum Gasteiger partial charge on any atom is -0.368 e. The monoisotopic (exact) mass is 302 g/mol. The van der Waals surface area contributed by atoms with Crippen LogP contribution in [0.2, 0.25) is 0 Å². The molecule has 2 fully saturated rings. The molecule has 22 heavy (non-hydrogen) atoms. The molecule has 0 aromatic rings. The highest BCUT2D eigenvalue weighted by atomic mass is 16.5. The zero-order valence-electron chi connectivity index (χ0n) is 15.4. The van der Waals surface area contributed by atoms with Gasteiger partial charge in [-0.15, -0.1) is 0 Å². The molecule has 1 heteroatoms. The summed E-state index contributed by atoms with van der Waals surface area (Å²) < 4.78 is 6.81. The Hall–Kier alpha value is -0.560. The van der Waals surface area contributed by atoms with Crippen LogP contribution in [0.1, 0.15) is 73.6 Å². The number of ether oxygens (including phenoxy) is 1. The summed E-state index contributed by atoms with van der Waals surface area (Å²) in [6, 6.07) is 0. The van der Waals surface area contributed by atoms with Gasteiger partial charge in [0.15, 0.2) is 0 Å². The molecule has 6 atom stereocenters. The van der Waals surface area contributed by atoms with Gasteiger partial charge in [0.05, 0.1) is 11.2 Å². The molecule has 1 nitrogen and oxygen atoms in total.